The minimum absolute atomic E-state index is 0.502. The molecule has 1 unspecified atom stereocenters. The van der Waals surface area contributed by atoms with Gasteiger partial charge < -0.3 is 10.3 Å². The zero-order valence-corrected chi connectivity index (χ0v) is 7.64. The molecule has 0 aliphatic carbocycles. The molecule has 1 aliphatic rings. The van der Waals surface area contributed by atoms with E-state index in [4.69, 9.17) is 10.3 Å². The van der Waals surface area contributed by atoms with Crippen LogP contribution in [0.1, 0.15) is 24.3 Å². The Balaban J connectivity index is 2.13. The van der Waals surface area contributed by atoms with Gasteiger partial charge in [0.1, 0.15) is 0 Å². The summed E-state index contributed by atoms with van der Waals surface area (Å²) >= 11 is 1.98. The third-order valence-electron chi connectivity index (χ3n) is 2.23. The van der Waals surface area contributed by atoms with Gasteiger partial charge in [-0.1, -0.05) is 5.16 Å². The number of anilines is 1. The van der Waals surface area contributed by atoms with Crippen molar-refractivity contribution >= 4 is 17.6 Å². The van der Waals surface area contributed by atoms with Crippen LogP contribution in [0, 0.1) is 0 Å². The molecule has 0 radical (unpaired) electrons. The van der Waals surface area contributed by atoms with Crippen molar-refractivity contribution in [2.24, 2.45) is 0 Å². The lowest BCUT2D eigenvalue weighted by Crippen LogP contribution is -2.09. The molecule has 12 heavy (non-hydrogen) atoms. The van der Waals surface area contributed by atoms with Gasteiger partial charge in [0, 0.05) is 11.3 Å². The Labute approximate surface area is 75.7 Å². The number of aromatic nitrogens is 1. The molecule has 2 N–H and O–H groups in total. The van der Waals surface area contributed by atoms with Crippen LogP contribution in [-0.2, 0) is 0 Å². The van der Waals surface area contributed by atoms with Crippen LogP contribution in [0.2, 0.25) is 0 Å². The molecule has 1 aromatic rings. The average molecular weight is 184 g/mol. The smallest absolute Gasteiger partial charge is 0.225 e. The number of nitrogens with two attached hydrogens (primary N) is 1. The minimum Gasteiger partial charge on any atom is -0.367 e. The van der Waals surface area contributed by atoms with E-state index in [0.717, 1.165) is 11.3 Å². The first-order chi connectivity index (χ1) is 5.88. The van der Waals surface area contributed by atoms with Gasteiger partial charge in [0.2, 0.25) is 5.88 Å². The number of nitrogen functional groups attached to an aromatic ring is 1. The number of hydrogen-bond donors (Lipinski definition) is 1. The summed E-state index contributed by atoms with van der Waals surface area (Å²) in [5, 5.41) is 3.69. The molecule has 0 spiro atoms. The van der Waals surface area contributed by atoms with Crippen LogP contribution in [-0.4, -0.2) is 16.7 Å². The highest BCUT2D eigenvalue weighted by Gasteiger charge is 2.20. The molecule has 0 aromatic carbocycles. The first-order valence-corrected chi connectivity index (χ1v) is 5.31. The highest BCUT2D eigenvalue weighted by Crippen LogP contribution is 2.33. The molecule has 1 fully saturated rings. The summed E-state index contributed by atoms with van der Waals surface area (Å²) in [5.41, 5.74) is 6.73. The minimum atomic E-state index is 0.502. The van der Waals surface area contributed by atoms with Crippen LogP contribution in [0.15, 0.2) is 10.7 Å². The van der Waals surface area contributed by atoms with Crippen molar-refractivity contribution in [1.29, 1.82) is 0 Å². The van der Waals surface area contributed by atoms with Crippen LogP contribution in [0.25, 0.3) is 0 Å². The van der Waals surface area contributed by atoms with E-state index in [-0.39, 0.29) is 0 Å². The van der Waals surface area contributed by atoms with Crippen molar-refractivity contribution in [3.05, 3.63) is 11.8 Å². The second kappa shape index (κ2) is 3.39. The fourth-order valence-electron chi connectivity index (χ4n) is 1.55. The molecule has 66 valence electrons. The van der Waals surface area contributed by atoms with Gasteiger partial charge in [0.05, 0.1) is 6.20 Å². The van der Waals surface area contributed by atoms with E-state index < -0.39 is 0 Å². The molecule has 2 heterocycles. The Bertz CT molecular complexity index is 255. The molecular formula is C8H12N2OS. The highest BCUT2D eigenvalue weighted by molar-refractivity contribution is 7.99. The molecule has 0 saturated carbocycles. The van der Waals surface area contributed by atoms with Crippen molar-refractivity contribution in [3.8, 4) is 0 Å². The highest BCUT2D eigenvalue weighted by atomic mass is 32.2. The van der Waals surface area contributed by atoms with E-state index in [9.17, 15) is 0 Å². The molecule has 1 aliphatic heterocycles. The Hall–Kier alpha value is -0.640. The van der Waals surface area contributed by atoms with Crippen molar-refractivity contribution in [2.45, 2.75) is 18.8 Å². The summed E-state index contributed by atoms with van der Waals surface area (Å²) < 4.78 is 4.84. The van der Waals surface area contributed by atoms with Crippen LogP contribution >= 0.6 is 11.8 Å². The van der Waals surface area contributed by atoms with Gasteiger partial charge >= 0.3 is 0 Å². The maximum absolute atomic E-state index is 5.63. The SMILES string of the molecule is Nc1oncc1C1CCCSC1. The molecule has 1 aromatic heterocycles. The van der Waals surface area contributed by atoms with E-state index in [1.807, 2.05) is 11.8 Å². The average Bonchev–Trinajstić information content (AvgIpc) is 2.53. The summed E-state index contributed by atoms with van der Waals surface area (Å²) in [6, 6.07) is 0. The summed E-state index contributed by atoms with van der Waals surface area (Å²) in [6.07, 6.45) is 4.25. The Morgan fingerprint density at radius 3 is 3.17 bits per heavy atom. The van der Waals surface area contributed by atoms with Crippen LogP contribution < -0.4 is 5.73 Å². The quantitative estimate of drug-likeness (QED) is 0.724. The van der Waals surface area contributed by atoms with Crippen molar-refractivity contribution in [2.75, 3.05) is 17.2 Å². The zero-order valence-electron chi connectivity index (χ0n) is 6.82. The molecule has 3 nitrogen and oxygen atoms in total. The van der Waals surface area contributed by atoms with E-state index in [0.29, 0.717) is 11.8 Å². The summed E-state index contributed by atoms with van der Waals surface area (Å²) in [4.78, 5) is 0. The van der Waals surface area contributed by atoms with E-state index in [1.165, 1.54) is 18.6 Å². The summed E-state index contributed by atoms with van der Waals surface area (Å²) in [5.74, 6) is 3.50. The number of nitrogens with zero attached hydrogens (tertiary/aromatic N) is 1. The van der Waals surface area contributed by atoms with Gasteiger partial charge in [-0.3, -0.25) is 0 Å². The maximum Gasteiger partial charge on any atom is 0.225 e. The Morgan fingerprint density at radius 2 is 2.58 bits per heavy atom. The second-order valence-electron chi connectivity index (χ2n) is 3.06. The predicted molar refractivity (Wildman–Crippen MR) is 50.2 cm³/mol. The normalized spacial score (nSPS) is 24.2. The lowest BCUT2D eigenvalue weighted by molar-refractivity contribution is 0.435. The molecule has 1 atom stereocenters. The topological polar surface area (TPSA) is 52.0 Å². The Morgan fingerprint density at radius 1 is 1.67 bits per heavy atom. The van der Waals surface area contributed by atoms with Crippen LogP contribution in [0.5, 0.6) is 0 Å². The van der Waals surface area contributed by atoms with Gasteiger partial charge in [-0.05, 0) is 24.5 Å². The van der Waals surface area contributed by atoms with Gasteiger partial charge in [-0.25, -0.2) is 0 Å². The summed E-state index contributed by atoms with van der Waals surface area (Å²) in [7, 11) is 0. The zero-order chi connectivity index (χ0) is 8.39. The van der Waals surface area contributed by atoms with Gasteiger partial charge in [-0.2, -0.15) is 11.8 Å². The molecule has 0 bridgehead atoms. The van der Waals surface area contributed by atoms with E-state index in [1.54, 1.807) is 6.20 Å². The molecule has 0 amide bonds. The third-order valence-corrected chi connectivity index (χ3v) is 3.44. The van der Waals surface area contributed by atoms with Gasteiger partial charge in [-0.15, -0.1) is 0 Å². The maximum atomic E-state index is 5.63. The molecule has 1 saturated heterocycles. The van der Waals surface area contributed by atoms with Crippen molar-refractivity contribution in [3.63, 3.8) is 0 Å². The van der Waals surface area contributed by atoms with Crippen LogP contribution in [0.4, 0.5) is 5.88 Å². The summed E-state index contributed by atoms with van der Waals surface area (Å²) in [6.45, 7) is 0. The number of thioether (sulfide) groups is 1. The lowest BCUT2D eigenvalue weighted by Gasteiger charge is -2.19. The number of rotatable bonds is 1. The lowest BCUT2D eigenvalue weighted by atomic mass is 9.98. The van der Waals surface area contributed by atoms with E-state index in [2.05, 4.69) is 5.16 Å². The fourth-order valence-corrected chi connectivity index (χ4v) is 2.72. The first kappa shape index (κ1) is 7.98. The molecule has 4 heteroatoms. The second-order valence-corrected chi connectivity index (χ2v) is 4.21. The van der Waals surface area contributed by atoms with Crippen molar-refractivity contribution < 1.29 is 4.52 Å². The standard InChI is InChI=1S/C8H12N2OS/c9-8-7(4-10-11-8)6-2-1-3-12-5-6/h4,6H,1-3,5,9H2. The number of hydrogen-bond acceptors (Lipinski definition) is 4. The van der Waals surface area contributed by atoms with Gasteiger partial charge in [0.15, 0.2) is 0 Å². The molecule has 2 rings (SSSR count). The van der Waals surface area contributed by atoms with Crippen LogP contribution in [0.3, 0.4) is 0 Å². The monoisotopic (exact) mass is 184 g/mol. The van der Waals surface area contributed by atoms with E-state index >= 15 is 0 Å². The largest absolute Gasteiger partial charge is 0.367 e. The van der Waals surface area contributed by atoms with Crippen molar-refractivity contribution in [1.82, 2.24) is 5.16 Å². The van der Waals surface area contributed by atoms with Gasteiger partial charge in [0.25, 0.3) is 0 Å². The third kappa shape index (κ3) is 1.43. The predicted octanol–water partition coefficient (Wildman–Crippen LogP) is 1.87. The molecular weight excluding hydrogens is 172 g/mol. The fraction of sp³-hybridized carbons (Fsp3) is 0.625. The first-order valence-electron chi connectivity index (χ1n) is 4.15. The Kier molecular flexibility index (Phi) is 2.26.